The van der Waals surface area contributed by atoms with E-state index >= 15 is 0 Å². The fourth-order valence-electron chi connectivity index (χ4n) is 2.51. The van der Waals surface area contributed by atoms with Crippen LogP contribution in [0.1, 0.15) is 17.3 Å². The summed E-state index contributed by atoms with van der Waals surface area (Å²) >= 11 is 3.51. The van der Waals surface area contributed by atoms with E-state index < -0.39 is 0 Å². The number of fused-ring (bicyclic) bond motifs is 1. The van der Waals surface area contributed by atoms with Crippen LogP contribution in [-0.4, -0.2) is 11.8 Å². The predicted molar refractivity (Wildman–Crippen MR) is 100 cm³/mol. The van der Waals surface area contributed by atoms with Crippen LogP contribution in [0, 0.1) is 0 Å². The second-order valence-electron chi connectivity index (χ2n) is 5.35. The molecule has 120 valence electrons. The number of benzene rings is 3. The number of halogens is 1. The number of anilines is 2. The highest BCUT2D eigenvalue weighted by molar-refractivity contribution is 9.10. The molecule has 0 aliphatic rings. The number of hydrogen-bond acceptors (Lipinski definition) is 2. The third-order valence-corrected chi connectivity index (χ3v) is 4.27. The van der Waals surface area contributed by atoms with Gasteiger partial charge in [0.05, 0.1) is 0 Å². The van der Waals surface area contributed by atoms with Crippen molar-refractivity contribution in [3.63, 3.8) is 0 Å². The first kappa shape index (κ1) is 16.2. The van der Waals surface area contributed by atoms with Gasteiger partial charge in [0.15, 0.2) is 0 Å². The average molecular weight is 383 g/mol. The molecule has 3 aromatic carbocycles. The van der Waals surface area contributed by atoms with Gasteiger partial charge in [0.1, 0.15) is 0 Å². The Balaban J connectivity index is 1.85. The van der Waals surface area contributed by atoms with E-state index in [1.807, 2.05) is 30.3 Å². The molecule has 0 saturated heterocycles. The number of hydrogen-bond donors (Lipinski definition) is 2. The van der Waals surface area contributed by atoms with Crippen molar-refractivity contribution in [2.45, 2.75) is 6.92 Å². The summed E-state index contributed by atoms with van der Waals surface area (Å²) in [4.78, 5) is 23.6. The van der Waals surface area contributed by atoms with Crippen LogP contribution in [0.3, 0.4) is 0 Å². The molecule has 3 rings (SSSR count). The van der Waals surface area contributed by atoms with Crippen LogP contribution in [-0.2, 0) is 4.79 Å². The second-order valence-corrected chi connectivity index (χ2v) is 6.21. The van der Waals surface area contributed by atoms with Crippen molar-refractivity contribution in [1.29, 1.82) is 0 Å². The van der Waals surface area contributed by atoms with Gasteiger partial charge in [0.2, 0.25) is 5.91 Å². The number of rotatable bonds is 3. The number of amides is 2. The van der Waals surface area contributed by atoms with Gasteiger partial charge < -0.3 is 10.6 Å². The molecule has 0 aliphatic heterocycles. The fourth-order valence-corrected chi connectivity index (χ4v) is 3.01. The molecule has 5 heteroatoms. The Bertz CT molecular complexity index is 920. The normalized spacial score (nSPS) is 10.4. The van der Waals surface area contributed by atoms with Crippen molar-refractivity contribution in [3.8, 4) is 0 Å². The predicted octanol–water partition coefficient (Wildman–Crippen LogP) is 4.81. The Kier molecular flexibility index (Phi) is 4.62. The molecule has 24 heavy (non-hydrogen) atoms. The molecule has 3 aromatic rings. The largest absolute Gasteiger partial charge is 0.326 e. The number of nitrogens with one attached hydrogen (secondary N) is 2. The van der Waals surface area contributed by atoms with Crippen molar-refractivity contribution in [2.75, 3.05) is 10.6 Å². The SMILES string of the molecule is CC(=O)Nc1ccc(NC(=O)c2cccc3c(Br)cccc23)cc1. The van der Waals surface area contributed by atoms with Gasteiger partial charge in [0, 0.05) is 28.3 Å². The Morgan fingerprint density at radius 1 is 0.792 bits per heavy atom. The van der Waals surface area contributed by atoms with Crippen LogP contribution in [0.5, 0.6) is 0 Å². The second kappa shape index (κ2) is 6.84. The van der Waals surface area contributed by atoms with E-state index in [9.17, 15) is 9.59 Å². The first-order valence-electron chi connectivity index (χ1n) is 7.41. The fraction of sp³-hybridized carbons (Fsp3) is 0.0526. The van der Waals surface area contributed by atoms with Crippen molar-refractivity contribution < 1.29 is 9.59 Å². The molecule has 0 radical (unpaired) electrons. The molecule has 4 nitrogen and oxygen atoms in total. The average Bonchev–Trinajstić information content (AvgIpc) is 2.56. The van der Waals surface area contributed by atoms with Crippen molar-refractivity contribution >= 4 is 49.9 Å². The van der Waals surface area contributed by atoms with Gasteiger partial charge in [-0.3, -0.25) is 9.59 Å². The third-order valence-electron chi connectivity index (χ3n) is 3.58. The Labute approximate surface area is 148 Å². The van der Waals surface area contributed by atoms with E-state index in [0.29, 0.717) is 16.9 Å². The van der Waals surface area contributed by atoms with Gasteiger partial charge >= 0.3 is 0 Å². The summed E-state index contributed by atoms with van der Waals surface area (Å²) in [5, 5.41) is 7.45. The molecule has 0 fully saturated rings. The van der Waals surface area contributed by atoms with Crippen LogP contribution >= 0.6 is 15.9 Å². The lowest BCUT2D eigenvalue weighted by Crippen LogP contribution is -2.12. The van der Waals surface area contributed by atoms with E-state index in [2.05, 4.69) is 26.6 Å². The Morgan fingerprint density at radius 2 is 1.38 bits per heavy atom. The van der Waals surface area contributed by atoms with E-state index in [1.54, 1.807) is 30.3 Å². The van der Waals surface area contributed by atoms with Crippen LogP contribution in [0.25, 0.3) is 10.8 Å². The minimum Gasteiger partial charge on any atom is -0.326 e. The Hall–Kier alpha value is -2.66. The van der Waals surface area contributed by atoms with E-state index in [0.717, 1.165) is 15.2 Å². The minimum absolute atomic E-state index is 0.131. The molecule has 0 bridgehead atoms. The molecular formula is C19H15BrN2O2. The first-order valence-corrected chi connectivity index (χ1v) is 8.20. The summed E-state index contributed by atoms with van der Waals surface area (Å²) in [7, 11) is 0. The van der Waals surface area contributed by atoms with Crippen LogP contribution in [0.2, 0.25) is 0 Å². The zero-order valence-electron chi connectivity index (χ0n) is 13.0. The molecule has 0 aromatic heterocycles. The van der Waals surface area contributed by atoms with Crippen LogP contribution < -0.4 is 10.6 Å². The maximum absolute atomic E-state index is 12.6. The molecule has 0 aliphatic carbocycles. The summed E-state index contributed by atoms with van der Waals surface area (Å²) in [5.41, 5.74) is 1.97. The maximum Gasteiger partial charge on any atom is 0.256 e. The van der Waals surface area contributed by atoms with E-state index in [4.69, 9.17) is 0 Å². The van der Waals surface area contributed by atoms with Gasteiger partial charge in [-0.15, -0.1) is 0 Å². The lowest BCUT2D eigenvalue weighted by atomic mass is 10.0. The summed E-state index contributed by atoms with van der Waals surface area (Å²) < 4.78 is 0.953. The first-order chi connectivity index (χ1) is 11.5. The van der Waals surface area contributed by atoms with Gasteiger partial charge in [0.25, 0.3) is 5.91 Å². The highest BCUT2D eigenvalue weighted by Crippen LogP contribution is 2.27. The minimum atomic E-state index is -0.175. The lowest BCUT2D eigenvalue weighted by Gasteiger charge is -2.10. The number of carbonyl (C=O) groups is 2. The third kappa shape index (κ3) is 3.46. The Morgan fingerprint density at radius 3 is 2.04 bits per heavy atom. The zero-order valence-corrected chi connectivity index (χ0v) is 14.6. The quantitative estimate of drug-likeness (QED) is 0.682. The standard InChI is InChI=1S/C19H15BrN2O2/c1-12(23)21-13-8-10-14(11-9-13)22-19(24)17-6-2-5-16-15(17)4-3-7-18(16)20/h2-11H,1H3,(H,21,23)(H,22,24). The highest BCUT2D eigenvalue weighted by Gasteiger charge is 2.11. The monoisotopic (exact) mass is 382 g/mol. The molecule has 0 unspecified atom stereocenters. The lowest BCUT2D eigenvalue weighted by molar-refractivity contribution is -0.114. The van der Waals surface area contributed by atoms with Gasteiger partial charge in [-0.1, -0.05) is 40.2 Å². The molecular weight excluding hydrogens is 368 g/mol. The molecule has 2 N–H and O–H groups in total. The molecule has 0 heterocycles. The van der Waals surface area contributed by atoms with E-state index in [-0.39, 0.29) is 11.8 Å². The smallest absolute Gasteiger partial charge is 0.256 e. The molecule has 0 saturated carbocycles. The molecule has 0 spiro atoms. The molecule has 0 atom stereocenters. The summed E-state index contributed by atoms with van der Waals surface area (Å²) in [6.07, 6.45) is 0. The van der Waals surface area contributed by atoms with Crippen LogP contribution in [0.15, 0.2) is 65.1 Å². The van der Waals surface area contributed by atoms with Gasteiger partial charge in [-0.05, 0) is 47.2 Å². The topological polar surface area (TPSA) is 58.2 Å². The molecule has 2 amide bonds. The summed E-state index contributed by atoms with van der Waals surface area (Å²) in [5.74, 6) is -0.306. The van der Waals surface area contributed by atoms with Crippen molar-refractivity contribution in [2.24, 2.45) is 0 Å². The highest BCUT2D eigenvalue weighted by atomic mass is 79.9. The van der Waals surface area contributed by atoms with Crippen LogP contribution in [0.4, 0.5) is 11.4 Å². The number of carbonyl (C=O) groups excluding carboxylic acids is 2. The summed E-state index contributed by atoms with van der Waals surface area (Å²) in [6.45, 7) is 1.45. The van der Waals surface area contributed by atoms with Crippen molar-refractivity contribution in [1.82, 2.24) is 0 Å². The van der Waals surface area contributed by atoms with Gasteiger partial charge in [-0.25, -0.2) is 0 Å². The summed E-state index contributed by atoms with van der Waals surface area (Å²) in [6, 6.07) is 18.4. The zero-order chi connectivity index (χ0) is 17.1. The van der Waals surface area contributed by atoms with E-state index in [1.165, 1.54) is 6.92 Å². The van der Waals surface area contributed by atoms with Gasteiger partial charge in [-0.2, -0.15) is 0 Å². The van der Waals surface area contributed by atoms with Crippen molar-refractivity contribution in [3.05, 3.63) is 70.7 Å². The maximum atomic E-state index is 12.6.